The fourth-order valence-corrected chi connectivity index (χ4v) is 22.8. The van der Waals surface area contributed by atoms with Gasteiger partial charge in [-0.2, -0.15) is 47.0 Å². The summed E-state index contributed by atoms with van der Waals surface area (Å²) in [5, 5.41) is 35.1. The maximum atomic E-state index is 12.9. The number of carboxylic acids is 1. The van der Waals surface area contributed by atoms with Crippen molar-refractivity contribution < 1.29 is 77.0 Å². The number of fused-ring (bicyclic) bond motifs is 4. The molecule has 8 saturated heterocycles. The molecule has 12 atom stereocenters. The number of urea groups is 4. The van der Waals surface area contributed by atoms with Crippen molar-refractivity contribution in [1.82, 2.24) is 42.5 Å². The molecule has 0 saturated carbocycles. The van der Waals surface area contributed by atoms with Crippen molar-refractivity contribution in [1.29, 1.82) is 0 Å². The number of Topliss-reactive ketones (excluding diaryl/α,β-unsaturated/α-hetero) is 8. The molecule has 111 heavy (non-hydrogen) atoms. The molecule has 0 spiro atoms. The highest BCUT2D eigenvalue weighted by Gasteiger charge is 2.46. The number of thioether (sulfide) groups is 4. The Balaban J connectivity index is 0.000000255. The van der Waals surface area contributed by atoms with Gasteiger partial charge in [-0.05, 0) is 149 Å². The Bertz CT molecular complexity index is 3380. The molecule has 0 aromatic heterocycles. The highest BCUT2D eigenvalue weighted by Crippen LogP contribution is 2.37. The number of carboxylic acid groups (broad SMARTS) is 1. The molecule has 0 bridgehead atoms. The Morgan fingerprint density at radius 1 is 0.306 bits per heavy atom. The number of carbonyl (C=O) groups is 14. The number of aromatic carboxylic acids is 1. The van der Waals surface area contributed by atoms with Gasteiger partial charge < -0.3 is 52.4 Å². The van der Waals surface area contributed by atoms with Gasteiger partial charge in [0.2, 0.25) is 0 Å². The molecule has 10 rings (SSSR count). The number of carbonyl (C=O) groups excluding carboxylic acids is 13. The van der Waals surface area contributed by atoms with E-state index in [2.05, 4.69) is 42.5 Å². The Hall–Kier alpha value is -6.78. The first-order valence-electron chi connectivity index (χ1n) is 41.1. The molecule has 0 aliphatic carbocycles. The second-order valence-electron chi connectivity index (χ2n) is 31.6. The SMILES string of the molecule is COC(=O)c1cc(CC(=O)CCCCCC(=O)CCCCC2SCC3NC(=O)NC32)cc(CC(=O)CCCCCC(=O)CCCCC2SCC3NC(=O)NC32)c1.O=C(CCCCCC(=O)Cc1cc(CC(=O)CCCCCC(=O)CCCCC2SCC3NC(=O)NC32)cc(C(=O)O)c1)CCCCC1SCC2NC(=O)NC21. The second kappa shape index (κ2) is 46.5. The van der Waals surface area contributed by atoms with Crippen LogP contribution >= 0.6 is 47.0 Å². The zero-order valence-electron chi connectivity index (χ0n) is 64.7. The summed E-state index contributed by atoms with van der Waals surface area (Å²) in [7, 11) is 1.30. The lowest BCUT2D eigenvalue weighted by atomic mass is 9.96. The quantitative estimate of drug-likeness (QED) is 0.0169. The van der Waals surface area contributed by atoms with E-state index in [1.54, 1.807) is 18.2 Å². The van der Waals surface area contributed by atoms with E-state index < -0.39 is 11.9 Å². The summed E-state index contributed by atoms with van der Waals surface area (Å²) >= 11 is 7.56. The molecule has 28 heteroatoms. The van der Waals surface area contributed by atoms with Crippen molar-refractivity contribution in [2.45, 2.75) is 326 Å². The fourth-order valence-electron chi connectivity index (χ4n) is 16.6. The largest absolute Gasteiger partial charge is 0.478 e. The van der Waals surface area contributed by atoms with Gasteiger partial charge in [-0.3, -0.25) is 38.4 Å². The average Bonchev–Trinajstić information content (AvgIpc) is 1.80. The zero-order valence-corrected chi connectivity index (χ0v) is 68.0. The van der Waals surface area contributed by atoms with Crippen LogP contribution in [0.4, 0.5) is 19.2 Å². The number of rotatable bonds is 54. The number of nitrogens with one attached hydrogen (secondary N) is 8. The summed E-state index contributed by atoms with van der Waals surface area (Å²) in [6.45, 7) is 0. The lowest BCUT2D eigenvalue weighted by Crippen LogP contribution is -2.36. The number of hydrogen-bond acceptors (Lipinski definition) is 19. The van der Waals surface area contributed by atoms with E-state index in [-0.39, 0.29) is 150 Å². The molecule has 8 aliphatic heterocycles. The van der Waals surface area contributed by atoms with Crippen LogP contribution in [0.15, 0.2) is 36.4 Å². The second-order valence-corrected chi connectivity index (χ2v) is 36.7. The third-order valence-corrected chi connectivity index (χ3v) is 28.6. The number of ketones is 8. The van der Waals surface area contributed by atoms with E-state index in [1.165, 1.54) is 19.2 Å². The molecular weight excluding hydrogens is 1490 g/mol. The minimum Gasteiger partial charge on any atom is -0.478 e. The normalized spacial score (nSPS) is 23.6. The minimum absolute atomic E-state index is 0.00364. The lowest BCUT2D eigenvalue weighted by Gasteiger charge is -2.16. The summed E-state index contributed by atoms with van der Waals surface area (Å²) < 4.78 is 4.93. The van der Waals surface area contributed by atoms with E-state index in [0.717, 1.165) is 151 Å². The third-order valence-electron chi connectivity index (χ3n) is 22.6. The fraction of sp³-hybridized carbons (Fsp3) is 0.687. The first-order chi connectivity index (χ1) is 53.6. The molecule has 8 heterocycles. The van der Waals surface area contributed by atoms with Gasteiger partial charge in [-0.1, -0.05) is 63.5 Å². The molecule has 9 N–H and O–H groups in total. The van der Waals surface area contributed by atoms with Crippen molar-refractivity contribution in [2.24, 2.45) is 0 Å². The van der Waals surface area contributed by atoms with Crippen molar-refractivity contribution in [3.63, 3.8) is 0 Å². The van der Waals surface area contributed by atoms with Gasteiger partial charge in [0, 0.05) is 147 Å². The lowest BCUT2D eigenvalue weighted by molar-refractivity contribution is -0.120. The predicted molar refractivity (Wildman–Crippen MR) is 434 cm³/mol. The van der Waals surface area contributed by atoms with E-state index in [1.807, 2.05) is 53.1 Å². The maximum absolute atomic E-state index is 12.9. The van der Waals surface area contributed by atoms with Crippen molar-refractivity contribution in [3.8, 4) is 0 Å². The number of ether oxygens (including phenoxy) is 1. The van der Waals surface area contributed by atoms with Crippen LogP contribution in [-0.4, -0.2) is 187 Å². The van der Waals surface area contributed by atoms with Gasteiger partial charge in [0.15, 0.2) is 0 Å². The molecule has 0 radical (unpaired) electrons. The summed E-state index contributed by atoms with van der Waals surface area (Å²) in [6.07, 6.45) is 26.5. The van der Waals surface area contributed by atoms with Gasteiger partial charge >= 0.3 is 36.1 Å². The molecule has 8 aliphatic rings. The average molecular weight is 1610 g/mol. The number of unbranched alkanes of at least 4 members (excludes halogenated alkanes) is 12. The van der Waals surface area contributed by atoms with Crippen LogP contribution in [0.5, 0.6) is 0 Å². The van der Waals surface area contributed by atoms with Gasteiger partial charge in [0.05, 0.1) is 66.6 Å². The van der Waals surface area contributed by atoms with E-state index in [4.69, 9.17) is 4.74 Å². The van der Waals surface area contributed by atoms with Crippen LogP contribution in [0.25, 0.3) is 0 Å². The van der Waals surface area contributed by atoms with Gasteiger partial charge in [-0.25, -0.2) is 28.8 Å². The van der Waals surface area contributed by atoms with Crippen LogP contribution in [0, 0.1) is 0 Å². The standard InChI is InChI=1S/C42H60N4O8S2.C41H58N4O8S2/c1-54-40(51)29-21-27(23-32(49)16-6-2-4-12-30(47)14-8-10-18-36-38-34(25-55-36)43-41(52)45-38)20-28(22-29)24-33(50)17-7-3-5-13-31(48)15-9-11-19-37-39-35(26-56-37)44-42(53)46-39;46-29(13-7-9-17-35-37-33(24-54-35)42-40(52)44-37)11-3-1-5-15-31(48)22-26-19-27(21-28(20-26)39(50)51)23-32(49)16-6-2-4-12-30(47)14-8-10-18-36-38-34(25-55-36)43-41(53)45-38/h20-22,34-39H,2-19,23-26H2,1H3,(H2,43,45,52)(H2,44,46,53);19-21,33-38H,1-18,22-25H2,(H,50,51)(H2,42,44,52)(H2,43,45,53). The number of esters is 1. The van der Waals surface area contributed by atoms with Crippen molar-refractivity contribution in [2.75, 3.05) is 30.1 Å². The minimum atomic E-state index is -1.10. The zero-order chi connectivity index (χ0) is 79.0. The molecule has 2 aromatic carbocycles. The molecule has 12 unspecified atom stereocenters. The Kier molecular flexibility index (Phi) is 37.0. The smallest absolute Gasteiger partial charge is 0.337 e. The van der Waals surface area contributed by atoms with Gasteiger partial charge in [-0.15, -0.1) is 0 Å². The first kappa shape index (κ1) is 88.2. The monoisotopic (exact) mass is 1610 g/mol. The van der Waals surface area contributed by atoms with Gasteiger partial charge in [0.1, 0.15) is 46.3 Å². The third kappa shape index (κ3) is 30.2. The molecule has 8 amide bonds. The number of methoxy groups -OCH3 is 1. The summed E-state index contributed by atoms with van der Waals surface area (Å²) in [4.78, 5) is 171. The Labute approximate surface area is 670 Å². The van der Waals surface area contributed by atoms with Crippen LogP contribution in [0.1, 0.15) is 274 Å². The van der Waals surface area contributed by atoms with E-state index >= 15 is 0 Å². The first-order valence-corrected chi connectivity index (χ1v) is 45.3. The summed E-state index contributed by atoms with van der Waals surface area (Å²) in [5.74, 6) is 3.26. The van der Waals surface area contributed by atoms with Crippen molar-refractivity contribution >= 4 is 129 Å². The molecule has 2 aromatic rings. The Morgan fingerprint density at radius 2 is 0.523 bits per heavy atom. The van der Waals surface area contributed by atoms with Gasteiger partial charge in [0.25, 0.3) is 0 Å². The van der Waals surface area contributed by atoms with E-state index in [9.17, 15) is 72.2 Å². The van der Waals surface area contributed by atoms with E-state index in [0.29, 0.717) is 152 Å². The van der Waals surface area contributed by atoms with Crippen LogP contribution in [0.2, 0.25) is 0 Å². The summed E-state index contributed by atoms with van der Waals surface area (Å²) in [6, 6.07) is 11.3. The van der Waals surface area contributed by atoms with Crippen LogP contribution < -0.4 is 42.5 Å². The Morgan fingerprint density at radius 3 is 0.748 bits per heavy atom. The topological polar surface area (TPSA) is 365 Å². The highest BCUT2D eigenvalue weighted by molar-refractivity contribution is 8.01. The molecular formula is C83H118N8O16S4. The molecule has 8 fully saturated rings. The molecule has 610 valence electrons. The van der Waals surface area contributed by atoms with Crippen LogP contribution in [-0.2, 0) is 68.8 Å². The van der Waals surface area contributed by atoms with Crippen molar-refractivity contribution in [3.05, 3.63) is 69.8 Å². The number of amides is 8. The number of hydrogen-bond donors (Lipinski definition) is 9. The number of benzene rings is 2. The molecule has 24 nitrogen and oxygen atoms in total. The predicted octanol–water partition coefficient (Wildman–Crippen LogP) is 12.3. The van der Waals surface area contributed by atoms with Crippen LogP contribution in [0.3, 0.4) is 0 Å². The maximum Gasteiger partial charge on any atom is 0.337 e. The highest BCUT2D eigenvalue weighted by atomic mass is 32.2. The summed E-state index contributed by atoms with van der Waals surface area (Å²) in [5.41, 5.74) is 2.93.